The van der Waals surface area contributed by atoms with E-state index in [9.17, 15) is 0 Å². The van der Waals surface area contributed by atoms with Crippen molar-refractivity contribution in [3.05, 3.63) is 35.5 Å². The fourth-order valence-corrected chi connectivity index (χ4v) is 3.74. The highest BCUT2D eigenvalue weighted by Gasteiger charge is 2.53. The zero-order valence-electron chi connectivity index (χ0n) is 15.6. The molecule has 0 aromatic carbocycles. The van der Waals surface area contributed by atoms with Gasteiger partial charge < -0.3 is 4.74 Å². The van der Waals surface area contributed by atoms with Crippen molar-refractivity contribution in [3.8, 4) is 0 Å². The molecule has 0 aromatic rings. The van der Waals surface area contributed by atoms with E-state index in [2.05, 4.69) is 40.0 Å². The van der Waals surface area contributed by atoms with Gasteiger partial charge in [0.25, 0.3) is 0 Å². The summed E-state index contributed by atoms with van der Waals surface area (Å²) in [4.78, 5) is 0.933. The molecule has 1 aliphatic carbocycles. The van der Waals surface area contributed by atoms with Crippen LogP contribution in [0, 0.1) is 17.3 Å². The van der Waals surface area contributed by atoms with Crippen LogP contribution in [-0.2, 0) is 4.74 Å². The van der Waals surface area contributed by atoms with Crippen molar-refractivity contribution in [2.45, 2.75) is 72.6 Å². The van der Waals surface area contributed by atoms with E-state index in [1.165, 1.54) is 38.5 Å². The van der Waals surface area contributed by atoms with Crippen LogP contribution < -0.4 is 0 Å². The first-order chi connectivity index (χ1) is 11.0. The lowest BCUT2D eigenvalue weighted by atomic mass is 9.81. The van der Waals surface area contributed by atoms with Gasteiger partial charge in [0.15, 0.2) is 0 Å². The highest BCUT2D eigenvalue weighted by atomic mass is 32.1. The predicted molar refractivity (Wildman–Crippen MR) is 106 cm³/mol. The fraction of sp³-hybridized carbons (Fsp3) is 0.714. The van der Waals surface area contributed by atoms with Crippen LogP contribution >= 0.6 is 12.6 Å². The molecule has 132 valence electrons. The van der Waals surface area contributed by atoms with Crippen LogP contribution in [0.5, 0.6) is 0 Å². The normalized spacial score (nSPS) is 25.6. The summed E-state index contributed by atoms with van der Waals surface area (Å²) >= 11 is 4.31. The summed E-state index contributed by atoms with van der Waals surface area (Å²) in [6.07, 6.45) is 15.1. The van der Waals surface area contributed by atoms with Gasteiger partial charge in [0.1, 0.15) is 5.76 Å². The van der Waals surface area contributed by atoms with Gasteiger partial charge in [-0.05, 0) is 60.5 Å². The number of hydrogen-bond acceptors (Lipinski definition) is 2. The van der Waals surface area contributed by atoms with E-state index in [1.807, 2.05) is 25.2 Å². The molecule has 1 rings (SSSR count). The highest BCUT2D eigenvalue weighted by molar-refractivity contribution is 7.84. The Labute approximate surface area is 149 Å². The standard InChI is InChI=1S/C21H36OS/c1-6-9-11-18(10-7-2)21(5)16-19(21)14-15-22-17(4)12-13-20(23)8-3/h8,12-13,18-19,23H,4,6-7,9-11,14-16H2,1-3,5H3/b13-12-,20-8+. The van der Waals surface area contributed by atoms with Crippen molar-refractivity contribution in [2.24, 2.45) is 17.3 Å². The zero-order valence-corrected chi connectivity index (χ0v) is 16.5. The van der Waals surface area contributed by atoms with Gasteiger partial charge in [-0.1, -0.05) is 59.1 Å². The molecule has 0 aliphatic heterocycles. The fourth-order valence-electron chi connectivity index (χ4n) is 3.66. The van der Waals surface area contributed by atoms with E-state index in [0.717, 1.165) is 35.5 Å². The Balaban J connectivity index is 2.34. The maximum Gasteiger partial charge on any atom is 0.112 e. The number of ether oxygens (including phenoxy) is 1. The van der Waals surface area contributed by atoms with Gasteiger partial charge in [0.2, 0.25) is 0 Å². The zero-order chi connectivity index (χ0) is 17.3. The minimum atomic E-state index is 0.564. The second kappa shape index (κ2) is 10.3. The van der Waals surface area contributed by atoms with E-state index in [4.69, 9.17) is 4.74 Å². The molecule has 2 heteroatoms. The molecule has 0 aromatic heterocycles. The number of allylic oxidation sites excluding steroid dienone is 3. The Bertz CT molecular complexity index is 424. The minimum absolute atomic E-state index is 0.564. The van der Waals surface area contributed by atoms with Gasteiger partial charge in [-0.15, -0.1) is 12.6 Å². The summed E-state index contributed by atoms with van der Waals surface area (Å²) in [7, 11) is 0. The third-order valence-corrected chi connectivity index (χ3v) is 5.83. The van der Waals surface area contributed by atoms with Crippen LogP contribution in [0.25, 0.3) is 0 Å². The van der Waals surface area contributed by atoms with Crippen molar-refractivity contribution in [1.82, 2.24) is 0 Å². The first kappa shape index (κ1) is 20.4. The molecular weight excluding hydrogens is 300 g/mol. The maximum absolute atomic E-state index is 5.76. The molecule has 0 amide bonds. The lowest BCUT2D eigenvalue weighted by molar-refractivity contribution is 0.195. The molecule has 0 N–H and O–H groups in total. The van der Waals surface area contributed by atoms with Gasteiger partial charge >= 0.3 is 0 Å². The van der Waals surface area contributed by atoms with Crippen molar-refractivity contribution in [3.63, 3.8) is 0 Å². The second-order valence-electron chi connectivity index (χ2n) is 7.19. The SMILES string of the molecule is C=C(/C=C\C(S)=C/C)OCCC1CC1(C)C(CCC)CCCC. The van der Waals surface area contributed by atoms with Crippen LogP contribution in [0.4, 0.5) is 0 Å². The summed E-state index contributed by atoms with van der Waals surface area (Å²) in [5.41, 5.74) is 0.564. The van der Waals surface area contributed by atoms with Gasteiger partial charge in [-0.2, -0.15) is 0 Å². The lowest BCUT2D eigenvalue weighted by Gasteiger charge is -2.25. The Morgan fingerprint density at radius 1 is 1.30 bits per heavy atom. The van der Waals surface area contributed by atoms with E-state index >= 15 is 0 Å². The molecule has 1 fully saturated rings. The van der Waals surface area contributed by atoms with Crippen molar-refractivity contribution >= 4 is 12.6 Å². The topological polar surface area (TPSA) is 9.23 Å². The quantitative estimate of drug-likeness (QED) is 0.231. The lowest BCUT2D eigenvalue weighted by Crippen LogP contribution is -2.16. The molecule has 0 spiro atoms. The third-order valence-electron chi connectivity index (χ3n) is 5.42. The van der Waals surface area contributed by atoms with Gasteiger partial charge in [0.05, 0.1) is 6.61 Å². The summed E-state index contributed by atoms with van der Waals surface area (Å²) in [6, 6.07) is 0. The molecule has 0 radical (unpaired) electrons. The average molecular weight is 337 g/mol. The number of unbranched alkanes of at least 4 members (excludes halogenated alkanes) is 1. The summed E-state index contributed by atoms with van der Waals surface area (Å²) in [5, 5.41) is 0. The Hall–Kier alpha value is -0.630. The summed E-state index contributed by atoms with van der Waals surface area (Å²) < 4.78 is 5.76. The molecule has 0 bridgehead atoms. The number of hydrogen-bond donors (Lipinski definition) is 1. The van der Waals surface area contributed by atoms with Crippen LogP contribution in [0.3, 0.4) is 0 Å². The van der Waals surface area contributed by atoms with Crippen LogP contribution in [-0.4, -0.2) is 6.61 Å². The molecule has 0 heterocycles. The van der Waals surface area contributed by atoms with Gasteiger partial charge in [-0.25, -0.2) is 0 Å². The minimum Gasteiger partial charge on any atom is -0.494 e. The molecule has 1 aliphatic rings. The molecule has 0 saturated heterocycles. The first-order valence-corrected chi connectivity index (χ1v) is 9.77. The largest absolute Gasteiger partial charge is 0.494 e. The second-order valence-corrected chi connectivity index (χ2v) is 7.70. The molecule has 1 saturated carbocycles. The number of thiol groups is 1. The smallest absolute Gasteiger partial charge is 0.112 e. The molecule has 3 unspecified atom stereocenters. The van der Waals surface area contributed by atoms with Gasteiger partial charge in [-0.3, -0.25) is 0 Å². The van der Waals surface area contributed by atoms with Gasteiger partial charge in [0, 0.05) is 0 Å². The van der Waals surface area contributed by atoms with E-state index in [0.29, 0.717) is 5.41 Å². The molecule has 3 atom stereocenters. The van der Waals surface area contributed by atoms with Crippen molar-refractivity contribution in [2.75, 3.05) is 6.61 Å². The summed E-state index contributed by atoms with van der Waals surface area (Å²) in [5.74, 6) is 2.47. The third kappa shape index (κ3) is 6.79. The Morgan fingerprint density at radius 2 is 2.04 bits per heavy atom. The first-order valence-electron chi connectivity index (χ1n) is 9.32. The summed E-state index contributed by atoms with van der Waals surface area (Å²) in [6.45, 7) is 13.8. The van der Waals surface area contributed by atoms with E-state index < -0.39 is 0 Å². The Morgan fingerprint density at radius 3 is 2.65 bits per heavy atom. The van der Waals surface area contributed by atoms with Crippen molar-refractivity contribution < 1.29 is 4.74 Å². The van der Waals surface area contributed by atoms with E-state index in [-0.39, 0.29) is 0 Å². The molecule has 1 nitrogen and oxygen atoms in total. The average Bonchev–Trinajstić information content (AvgIpc) is 3.20. The van der Waals surface area contributed by atoms with E-state index in [1.54, 1.807) is 0 Å². The monoisotopic (exact) mass is 336 g/mol. The molecular formula is C21H36OS. The maximum atomic E-state index is 5.76. The number of rotatable bonds is 12. The predicted octanol–water partition coefficient (Wildman–Crippen LogP) is 6.93. The highest BCUT2D eigenvalue weighted by Crippen LogP contribution is 2.61. The molecule has 23 heavy (non-hydrogen) atoms. The van der Waals surface area contributed by atoms with Crippen LogP contribution in [0.2, 0.25) is 0 Å². The van der Waals surface area contributed by atoms with Crippen LogP contribution in [0.15, 0.2) is 35.5 Å². The van der Waals surface area contributed by atoms with Crippen molar-refractivity contribution in [1.29, 1.82) is 0 Å². The van der Waals surface area contributed by atoms with Crippen LogP contribution in [0.1, 0.15) is 72.6 Å². The Kier molecular flexibility index (Phi) is 9.12.